The maximum Gasteiger partial charge on any atom is 0.303 e. The van der Waals surface area contributed by atoms with Crippen LogP contribution in [0, 0.1) is 5.92 Å². The fraction of sp³-hybridized carbons (Fsp3) is 0.909. The molecule has 0 heterocycles. The minimum absolute atomic E-state index is 0.0122. The number of nitrogens with one attached hydrogen (secondary N) is 1. The van der Waals surface area contributed by atoms with E-state index in [0.717, 1.165) is 12.8 Å². The number of hydrogen-bond acceptors (Lipinski definition) is 4. The topological polar surface area (TPSA) is 104 Å². The van der Waals surface area contributed by atoms with Crippen LogP contribution in [0.3, 0.4) is 0 Å². The Balaban J connectivity index is 4.06. The van der Waals surface area contributed by atoms with Gasteiger partial charge in [0.05, 0.1) is 11.9 Å². The second kappa shape index (κ2) is 8.44. The lowest BCUT2D eigenvalue weighted by atomic mass is 9.97. The normalized spacial score (nSPS) is 13.8. The molecule has 0 aliphatic carbocycles. The molecule has 108 valence electrons. The zero-order valence-corrected chi connectivity index (χ0v) is 11.7. The van der Waals surface area contributed by atoms with Gasteiger partial charge >= 0.3 is 5.97 Å². The van der Waals surface area contributed by atoms with Crippen LogP contribution in [0.25, 0.3) is 0 Å². The Labute approximate surface area is 108 Å². The highest BCUT2D eigenvalue weighted by atomic mass is 32.2. The highest BCUT2D eigenvalue weighted by molar-refractivity contribution is 7.89. The Hall–Kier alpha value is -0.660. The summed E-state index contributed by atoms with van der Waals surface area (Å²) in [6.45, 7) is 3.87. The summed E-state index contributed by atoms with van der Waals surface area (Å²) in [7, 11) is -3.50. The van der Waals surface area contributed by atoms with Crippen LogP contribution < -0.4 is 4.72 Å². The lowest BCUT2D eigenvalue weighted by Gasteiger charge is -2.20. The Morgan fingerprint density at radius 2 is 1.83 bits per heavy atom. The fourth-order valence-corrected chi connectivity index (χ4v) is 2.79. The molecule has 0 aromatic rings. The number of carboxylic acids is 1. The maximum absolute atomic E-state index is 11.5. The van der Waals surface area contributed by atoms with Gasteiger partial charge < -0.3 is 10.2 Å². The van der Waals surface area contributed by atoms with E-state index in [4.69, 9.17) is 5.11 Å². The first-order valence-corrected chi connectivity index (χ1v) is 7.84. The average Bonchev–Trinajstić information content (AvgIpc) is 2.27. The summed E-state index contributed by atoms with van der Waals surface area (Å²) in [5, 5.41) is 18.2. The van der Waals surface area contributed by atoms with E-state index in [2.05, 4.69) is 4.72 Å². The summed E-state index contributed by atoms with van der Waals surface area (Å²) in [6, 6.07) is 0. The van der Waals surface area contributed by atoms with Crippen LogP contribution in [0.5, 0.6) is 0 Å². The summed E-state index contributed by atoms with van der Waals surface area (Å²) in [4.78, 5) is 10.3. The molecule has 0 radical (unpaired) electrons. The van der Waals surface area contributed by atoms with E-state index in [-0.39, 0.29) is 31.1 Å². The summed E-state index contributed by atoms with van der Waals surface area (Å²) in [5.41, 5.74) is 0. The van der Waals surface area contributed by atoms with Crippen LogP contribution in [0.15, 0.2) is 0 Å². The lowest BCUT2D eigenvalue weighted by Crippen LogP contribution is -2.37. The first-order valence-electron chi connectivity index (χ1n) is 6.19. The second-order valence-corrected chi connectivity index (χ2v) is 6.23. The third-order valence-electron chi connectivity index (χ3n) is 2.91. The quantitative estimate of drug-likeness (QED) is 0.543. The van der Waals surface area contributed by atoms with Crippen molar-refractivity contribution in [2.24, 2.45) is 5.92 Å². The van der Waals surface area contributed by atoms with Gasteiger partial charge in [-0.15, -0.1) is 0 Å². The van der Waals surface area contributed by atoms with E-state index >= 15 is 0 Å². The molecule has 1 unspecified atom stereocenters. The van der Waals surface area contributed by atoms with E-state index in [0.29, 0.717) is 0 Å². The zero-order valence-electron chi connectivity index (χ0n) is 10.9. The molecule has 1 atom stereocenters. The molecule has 0 bridgehead atoms. The van der Waals surface area contributed by atoms with Gasteiger partial charge in [-0.25, -0.2) is 13.1 Å². The van der Waals surface area contributed by atoms with Crippen molar-refractivity contribution in [1.82, 2.24) is 4.72 Å². The lowest BCUT2D eigenvalue weighted by molar-refractivity contribution is -0.137. The number of carbonyl (C=O) groups is 1. The first-order chi connectivity index (χ1) is 8.32. The summed E-state index contributed by atoms with van der Waals surface area (Å²) < 4.78 is 25.3. The van der Waals surface area contributed by atoms with E-state index in [9.17, 15) is 18.3 Å². The standard InChI is InChI=1S/C11H23NO5S/c1-3-9(4-2)10(13)8-12-18(16,17)7-5-6-11(14)15/h9-10,12-13H,3-8H2,1-2H3,(H,14,15). The summed E-state index contributed by atoms with van der Waals surface area (Å²) >= 11 is 0. The first kappa shape index (κ1) is 17.3. The molecule has 0 spiro atoms. The van der Waals surface area contributed by atoms with E-state index in [1.54, 1.807) is 0 Å². The number of aliphatic hydroxyl groups excluding tert-OH is 1. The molecule has 0 fully saturated rings. The molecule has 0 aliphatic heterocycles. The van der Waals surface area contributed by atoms with Crippen molar-refractivity contribution in [3.63, 3.8) is 0 Å². The number of aliphatic carboxylic acids is 1. The maximum atomic E-state index is 11.5. The van der Waals surface area contributed by atoms with E-state index < -0.39 is 22.1 Å². The number of sulfonamides is 1. The molecule has 0 saturated heterocycles. The van der Waals surface area contributed by atoms with Gasteiger partial charge in [0.25, 0.3) is 0 Å². The van der Waals surface area contributed by atoms with Crippen LogP contribution in [0.4, 0.5) is 0 Å². The predicted molar refractivity (Wildman–Crippen MR) is 68.7 cm³/mol. The van der Waals surface area contributed by atoms with Crippen molar-refractivity contribution in [3.05, 3.63) is 0 Å². The average molecular weight is 281 g/mol. The molecule has 0 aliphatic rings. The molecule has 3 N–H and O–H groups in total. The van der Waals surface area contributed by atoms with Gasteiger partial charge in [-0.05, 0) is 12.3 Å². The largest absolute Gasteiger partial charge is 0.481 e. The molecule has 18 heavy (non-hydrogen) atoms. The number of aliphatic hydroxyl groups is 1. The van der Waals surface area contributed by atoms with E-state index in [1.807, 2.05) is 13.8 Å². The molecular weight excluding hydrogens is 258 g/mol. The Morgan fingerprint density at radius 1 is 1.28 bits per heavy atom. The van der Waals surface area contributed by atoms with Gasteiger partial charge in [0, 0.05) is 13.0 Å². The minimum Gasteiger partial charge on any atom is -0.481 e. The van der Waals surface area contributed by atoms with Gasteiger partial charge in [-0.1, -0.05) is 26.7 Å². The Kier molecular flexibility index (Phi) is 8.13. The molecule has 0 aromatic carbocycles. The van der Waals surface area contributed by atoms with Crippen molar-refractivity contribution in [2.75, 3.05) is 12.3 Å². The summed E-state index contributed by atoms with van der Waals surface area (Å²) in [5.74, 6) is -1.16. The minimum atomic E-state index is -3.50. The van der Waals surface area contributed by atoms with Crippen LogP contribution >= 0.6 is 0 Å². The van der Waals surface area contributed by atoms with Crippen molar-refractivity contribution >= 4 is 16.0 Å². The monoisotopic (exact) mass is 281 g/mol. The predicted octanol–water partition coefficient (Wildman–Crippen LogP) is 0.568. The zero-order chi connectivity index (χ0) is 14.2. The van der Waals surface area contributed by atoms with Gasteiger partial charge in [-0.2, -0.15) is 0 Å². The molecule has 0 amide bonds. The van der Waals surface area contributed by atoms with Crippen LogP contribution in [0.1, 0.15) is 39.5 Å². The second-order valence-electron chi connectivity index (χ2n) is 4.31. The van der Waals surface area contributed by atoms with Crippen molar-refractivity contribution in [3.8, 4) is 0 Å². The third kappa shape index (κ3) is 7.62. The Bertz CT molecular complexity index is 337. The van der Waals surface area contributed by atoms with Gasteiger partial charge in [0.15, 0.2) is 0 Å². The molecule has 6 nitrogen and oxygen atoms in total. The molecule has 0 rings (SSSR count). The number of hydrogen-bond donors (Lipinski definition) is 3. The number of carboxylic acid groups (broad SMARTS) is 1. The van der Waals surface area contributed by atoms with E-state index in [1.165, 1.54) is 0 Å². The Morgan fingerprint density at radius 3 is 2.28 bits per heavy atom. The molecule has 0 aromatic heterocycles. The summed E-state index contributed by atoms with van der Waals surface area (Å²) in [6.07, 6.45) is 0.785. The smallest absolute Gasteiger partial charge is 0.303 e. The highest BCUT2D eigenvalue weighted by Crippen LogP contribution is 2.12. The van der Waals surface area contributed by atoms with Crippen molar-refractivity contribution in [1.29, 1.82) is 0 Å². The SMILES string of the molecule is CCC(CC)C(O)CNS(=O)(=O)CCCC(=O)O. The highest BCUT2D eigenvalue weighted by Gasteiger charge is 2.18. The van der Waals surface area contributed by atoms with Crippen LogP contribution in [-0.2, 0) is 14.8 Å². The van der Waals surface area contributed by atoms with Gasteiger partial charge in [-0.3, -0.25) is 4.79 Å². The van der Waals surface area contributed by atoms with Crippen LogP contribution in [-0.4, -0.2) is 43.0 Å². The van der Waals surface area contributed by atoms with Gasteiger partial charge in [0.1, 0.15) is 0 Å². The molecule has 0 saturated carbocycles. The number of rotatable bonds is 10. The van der Waals surface area contributed by atoms with Gasteiger partial charge in [0.2, 0.25) is 10.0 Å². The molecular formula is C11H23NO5S. The van der Waals surface area contributed by atoms with Crippen molar-refractivity contribution in [2.45, 2.75) is 45.6 Å². The third-order valence-corrected chi connectivity index (χ3v) is 4.34. The fourth-order valence-electron chi connectivity index (χ4n) is 1.70. The van der Waals surface area contributed by atoms with Crippen molar-refractivity contribution < 1.29 is 23.4 Å². The van der Waals surface area contributed by atoms with Crippen LogP contribution in [0.2, 0.25) is 0 Å². The molecule has 7 heteroatoms.